The average molecular weight is 268 g/mol. The number of nitrogen functional groups attached to an aromatic ring is 1. The largest absolute Gasteiger partial charge is 0.384 e. The first-order chi connectivity index (χ1) is 8.49. The molecule has 1 aromatic rings. The SMILES string of the molecule is CC1CCCN(C(=O)c2cc(N)nc(Cl)c2)C1C. The third-order valence-corrected chi connectivity index (χ3v) is 3.89. The van der Waals surface area contributed by atoms with Crippen molar-refractivity contribution in [3.05, 3.63) is 22.8 Å². The van der Waals surface area contributed by atoms with Crippen LogP contribution in [0.1, 0.15) is 37.0 Å². The van der Waals surface area contributed by atoms with Gasteiger partial charge in [0.25, 0.3) is 5.91 Å². The van der Waals surface area contributed by atoms with Crippen LogP contribution >= 0.6 is 11.6 Å². The molecule has 0 radical (unpaired) electrons. The van der Waals surface area contributed by atoms with Crippen LogP contribution in [-0.2, 0) is 0 Å². The van der Waals surface area contributed by atoms with Gasteiger partial charge in [-0.25, -0.2) is 4.98 Å². The number of anilines is 1. The number of amides is 1. The maximum absolute atomic E-state index is 12.4. The highest BCUT2D eigenvalue weighted by Crippen LogP contribution is 2.25. The van der Waals surface area contributed by atoms with Crippen molar-refractivity contribution in [3.63, 3.8) is 0 Å². The Labute approximate surface area is 112 Å². The van der Waals surface area contributed by atoms with E-state index < -0.39 is 0 Å². The first-order valence-electron chi connectivity index (χ1n) is 6.23. The van der Waals surface area contributed by atoms with E-state index in [0.29, 0.717) is 11.5 Å². The van der Waals surface area contributed by atoms with Crippen LogP contribution < -0.4 is 5.73 Å². The van der Waals surface area contributed by atoms with E-state index >= 15 is 0 Å². The summed E-state index contributed by atoms with van der Waals surface area (Å²) in [4.78, 5) is 18.2. The lowest BCUT2D eigenvalue weighted by Crippen LogP contribution is -2.46. The Hall–Kier alpha value is -1.29. The molecule has 2 unspecified atom stereocenters. The Morgan fingerprint density at radius 2 is 2.22 bits per heavy atom. The van der Waals surface area contributed by atoms with Gasteiger partial charge in [0.15, 0.2) is 0 Å². The molecule has 98 valence electrons. The fourth-order valence-electron chi connectivity index (χ4n) is 2.43. The van der Waals surface area contributed by atoms with Crippen molar-refractivity contribution in [3.8, 4) is 0 Å². The predicted molar refractivity (Wildman–Crippen MR) is 72.6 cm³/mol. The van der Waals surface area contributed by atoms with Crippen molar-refractivity contribution in [2.75, 3.05) is 12.3 Å². The standard InChI is InChI=1S/C13H18ClN3O/c1-8-4-3-5-17(9(8)2)13(18)10-6-11(14)16-12(15)7-10/h6-9H,3-5H2,1-2H3,(H2,15,16). The Morgan fingerprint density at radius 3 is 2.89 bits per heavy atom. The van der Waals surface area contributed by atoms with Crippen molar-refractivity contribution in [1.29, 1.82) is 0 Å². The van der Waals surface area contributed by atoms with Gasteiger partial charge in [0, 0.05) is 18.2 Å². The van der Waals surface area contributed by atoms with Gasteiger partial charge in [-0.05, 0) is 37.8 Å². The van der Waals surface area contributed by atoms with Gasteiger partial charge in [0.2, 0.25) is 0 Å². The second kappa shape index (κ2) is 5.14. The lowest BCUT2D eigenvalue weighted by Gasteiger charge is -2.38. The maximum Gasteiger partial charge on any atom is 0.254 e. The molecule has 1 aliphatic heterocycles. The van der Waals surface area contributed by atoms with Crippen molar-refractivity contribution >= 4 is 23.3 Å². The van der Waals surface area contributed by atoms with Gasteiger partial charge in [-0.1, -0.05) is 18.5 Å². The molecule has 0 aliphatic carbocycles. The molecule has 1 aromatic heterocycles. The van der Waals surface area contributed by atoms with Gasteiger partial charge in [-0.3, -0.25) is 4.79 Å². The molecule has 0 saturated carbocycles. The second-order valence-corrected chi connectivity index (χ2v) is 5.35. The van der Waals surface area contributed by atoms with Crippen LogP contribution in [0, 0.1) is 5.92 Å². The molecule has 4 nitrogen and oxygen atoms in total. The van der Waals surface area contributed by atoms with E-state index in [1.807, 2.05) is 4.90 Å². The molecule has 2 rings (SSSR count). The summed E-state index contributed by atoms with van der Waals surface area (Å²) in [6, 6.07) is 3.41. The minimum atomic E-state index is -0.00921. The number of piperidine rings is 1. The van der Waals surface area contributed by atoms with Crippen LogP contribution in [-0.4, -0.2) is 28.4 Å². The molecule has 1 fully saturated rings. The molecule has 1 amide bonds. The quantitative estimate of drug-likeness (QED) is 0.796. The topological polar surface area (TPSA) is 59.2 Å². The molecule has 2 heterocycles. The van der Waals surface area contributed by atoms with Gasteiger partial charge in [0.05, 0.1) is 0 Å². The van der Waals surface area contributed by atoms with E-state index in [4.69, 9.17) is 17.3 Å². The molecule has 2 N–H and O–H groups in total. The lowest BCUT2D eigenvalue weighted by molar-refractivity contribution is 0.0551. The molecule has 0 aromatic carbocycles. The number of aromatic nitrogens is 1. The lowest BCUT2D eigenvalue weighted by atomic mass is 9.91. The summed E-state index contributed by atoms with van der Waals surface area (Å²) >= 11 is 5.84. The zero-order valence-electron chi connectivity index (χ0n) is 10.7. The molecule has 18 heavy (non-hydrogen) atoms. The molecular weight excluding hydrogens is 250 g/mol. The van der Waals surface area contributed by atoms with E-state index in [-0.39, 0.29) is 22.9 Å². The van der Waals surface area contributed by atoms with E-state index in [0.717, 1.165) is 13.0 Å². The summed E-state index contributed by atoms with van der Waals surface area (Å²) < 4.78 is 0. The first kappa shape index (κ1) is 13.1. The molecular formula is C13H18ClN3O. The van der Waals surface area contributed by atoms with Crippen LogP contribution in [0.4, 0.5) is 5.82 Å². The van der Waals surface area contributed by atoms with Gasteiger partial charge < -0.3 is 10.6 Å². The Balaban J connectivity index is 2.24. The van der Waals surface area contributed by atoms with Crippen LogP contribution in [0.25, 0.3) is 0 Å². The van der Waals surface area contributed by atoms with E-state index in [2.05, 4.69) is 18.8 Å². The number of hydrogen-bond acceptors (Lipinski definition) is 3. The Morgan fingerprint density at radius 1 is 1.50 bits per heavy atom. The molecule has 0 spiro atoms. The number of nitrogens with two attached hydrogens (primary N) is 1. The first-order valence-corrected chi connectivity index (χ1v) is 6.61. The van der Waals surface area contributed by atoms with Crippen molar-refractivity contribution in [2.45, 2.75) is 32.7 Å². The number of nitrogens with zero attached hydrogens (tertiary/aromatic N) is 2. The average Bonchev–Trinajstić information content (AvgIpc) is 2.30. The van der Waals surface area contributed by atoms with Gasteiger partial charge in [-0.2, -0.15) is 0 Å². The van der Waals surface area contributed by atoms with E-state index in [1.165, 1.54) is 6.42 Å². The number of carbonyl (C=O) groups is 1. The smallest absolute Gasteiger partial charge is 0.254 e. The summed E-state index contributed by atoms with van der Waals surface area (Å²) in [5.41, 5.74) is 6.14. The summed E-state index contributed by atoms with van der Waals surface area (Å²) in [7, 11) is 0. The highest BCUT2D eigenvalue weighted by Gasteiger charge is 2.29. The summed E-state index contributed by atoms with van der Waals surface area (Å²) in [6.45, 7) is 5.07. The predicted octanol–water partition coefficient (Wildman–Crippen LogP) is 2.58. The Kier molecular flexibility index (Phi) is 3.76. The molecule has 1 saturated heterocycles. The highest BCUT2D eigenvalue weighted by molar-refractivity contribution is 6.29. The molecule has 5 heteroatoms. The monoisotopic (exact) mass is 267 g/mol. The van der Waals surface area contributed by atoms with Crippen molar-refractivity contribution in [1.82, 2.24) is 9.88 Å². The number of carbonyl (C=O) groups excluding carboxylic acids is 1. The second-order valence-electron chi connectivity index (χ2n) is 4.96. The molecule has 2 atom stereocenters. The minimum absolute atomic E-state index is 0.00921. The third kappa shape index (κ3) is 2.58. The number of halogens is 1. The van der Waals surface area contributed by atoms with Gasteiger partial charge >= 0.3 is 0 Å². The zero-order chi connectivity index (χ0) is 13.3. The van der Waals surface area contributed by atoms with Crippen LogP contribution in [0.2, 0.25) is 5.15 Å². The van der Waals surface area contributed by atoms with Crippen molar-refractivity contribution in [2.24, 2.45) is 5.92 Å². The van der Waals surface area contributed by atoms with Crippen LogP contribution in [0.5, 0.6) is 0 Å². The van der Waals surface area contributed by atoms with Crippen molar-refractivity contribution < 1.29 is 4.79 Å². The van der Waals surface area contributed by atoms with Crippen LogP contribution in [0.3, 0.4) is 0 Å². The van der Waals surface area contributed by atoms with Crippen LogP contribution in [0.15, 0.2) is 12.1 Å². The number of likely N-dealkylation sites (tertiary alicyclic amines) is 1. The van der Waals surface area contributed by atoms with E-state index in [9.17, 15) is 4.79 Å². The van der Waals surface area contributed by atoms with Gasteiger partial charge in [-0.15, -0.1) is 0 Å². The number of hydrogen-bond donors (Lipinski definition) is 1. The Bertz CT molecular complexity index is 443. The number of rotatable bonds is 1. The fraction of sp³-hybridized carbons (Fsp3) is 0.538. The highest BCUT2D eigenvalue weighted by atomic mass is 35.5. The summed E-state index contributed by atoms with van der Waals surface area (Å²) in [6.07, 6.45) is 2.22. The summed E-state index contributed by atoms with van der Waals surface area (Å²) in [5.74, 6) is 0.797. The molecule has 0 bridgehead atoms. The van der Waals surface area contributed by atoms with E-state index in [1.54, 1.807) is 12.1 Å². The molecule has 1 aliphatic rings. The zero-order valence-corrected chi connectivity index (χ0v) is 11.4. The number of pyridine rings is 1. The summed E-state index contributed by atoms with van der Waals surface area (Å²) in [5, 5.41) is 0.260. The third-order valence-electron chi connectivity index (χ3n) is 3.70. The van der Waals surface area contributed by atoms with Gasteiger partial charge in [0.1, 0.15) is 11.0 Å². The maximum atomic E-state index is 12.4. The fourth-order valence-corrected chi connectivity index (χ4v) is 2.64. The normalized spacial score (nSPS) is 24.1. The minimum Gasteiger partial charge on any atom is -0.384 e.